The average molecular weight is 379 g/mol. The van der Waals surface area contributed by atoms with Crippen LogP contribution in [0.25, 0.3) is 0 Å². The first-order valence-corrected chi connectivity index (χ1v) is 7.58. The predicted octanol–water partition coefficient (Wildman–Crippen LogP) is 3.83. The Labute approximate surface area is 123 Å². The summed E-state index contributed by atoms with van der Waals surface area (Å²) in [6.07, 6.45) is 0.967. The monoisotopic (exact) mass is 377 g/mol. The molecule has 1 aromatic rings. The lowest BCUT2D eigenvalue weighted by atomic mass is 9.98. The lowest BCUT2D eigenvalue weighted by molar-refractivity contribution is 0.0704. The van der Waals surface area contributed by atoms with Crippen molar-refractivity contribution in [1.29, 1.82) is 0 Å². The molecule has 0 aliphatic carbocycles. The summed E-state index contributed by atoms with van der Waals surface area (Å²) in [6, 6.07) is 4.20. The summed E-state index contributed by atoms with van der Waals surface area (Å²) in [5.74, 6) is 0.0602. The second-order valence-electron chi connectivity index (χ2n) is 4.66. The van der Waals surface area contributed by atoms with Gasteiger partial charge < -0.3 is 4.90 Å². The Morgan fingerprint density at radius 2 is 2.22 bits per heavy atom. The molecule has 2 nitrogen and oxygen atoms in total. The van der Waals surface area contributed by atoms with Crippen LogP contribution in [0, 0.1) is 11.7 Å². The van der Waals surface area contributed by atoms with E-state index in [1.54, 1.807) is 11.0 Å². The van der Waals surface area contributed by atoms with Crippen LogP contribution >= 0.6 is 31.9 Å². The number of halogens is 3. The second kappa shape index (κ2) is 5.70. The fraction of sp³-hybridized carbons (Fsp3) is 0.462. The van der Waals surface area contributed by atoms with Gasteiger partial charge in [-0.05, 0) is 46.5 Å². The first-order chi connectivity index (χ1) is 8.49. The van der Waals surface area contributed by atoms with Gasteiger partial charge in [0.2, 0.25) is 0 Å². The van der Waals surface area contributed by atoms with Gasteiger partial charge in [0.15, 0.2) is 0 Å². The van der Waals surface area contributed by atoms with Gasteiger partial charge in [-0.2, -0.15) is 0 Å². The van der Waals surface area contributed by atoms with E-state index in [1.165, 1.54) is 12.1 Å². The van der Waals surface area contributed by atoms with E-state index >= 15 is 0 Å². The molecule has 1 aromatic carbocycles. The predicted molar refractivity (Wildman–Crippen MR) is 76.5 cm³/mol. The van der Waals surface area contributed by atoms with E-state index in [1.807, 2.05) is 0 Å². The highest BCUT2D eigenvalue weighted by atomic mass is 79.9. The summed E-state index contributed by atoms with van der Waals surface area (Å²) in [4.78, 5) is 14.4. The van der Waals surface area contributed by atoms with E-state index in [0.717, 1.165) is 13.0 Å². The van der Waals surface area contributed by atoms with E-state index < -0.39 is 0 Å². The first-order valence-electron chi connectivity index (χ1n) is 5.87. The van der Waals surface area contributed by atoms with Crippen molar-refractivity contribution < 1.29 is 9.18 Å². The van der Waals surface area contributed by atoms with Crippen LogP contribution < -0.4 is 0 Å². The number of carbonyl (C=O) groups is 1. The highest BCUT2D eigenvalue weighted by molar-refractivity contribution is 9.10. The van der Waals surface area contributed by atoms with Crippen LogP contribution in [0.1, 0.15) is 23.7 Å². The molecule has 0 N–H and O–H groups in total. The minimum atomic E-state index is -0.387. The quantitative estimate of drug-likeness (QED) is 0.680. The molecule has 1 aliphatic heterocycles. The number of benzene rings is 1. The molecule has 1 heterocycles. The Morgan fingerprint density at radius 3 is 2.89 bits per heavy atom. The lowest BCUT2D eigenvalue weighted by Gasteiger charge is -2.34. The molecule has 5 heteroatoms. The van der Waals surface area contributed by atoms with E-state index in [-0.39, 0.29) is 11.7 Å². The van der Waals surface area contributed by atoms with Crippen LogP contribution in [0.15, 0.2) is 22.7 Å². The minimum absolute atomic E-state index is 0.113. The zero-order valence-corrected chi connectivity index (χ0v) is 13.2. The Kier molecular flexibility index (Phi) is 4.43. The Morgan fingerprint density at radius 1 is 1.50 bits per heavy atom. The van der Waals surface area contributed by atoms with Crippen LogP contribution in [0.5, 0.6) is 0 Å². The number of piperidine rings is 1. The van der Waals surface area contributed by atoms with Gasteiger partial charge >= 0.3 is 0 Å². The number of rotatable bonds is 1. The summed E-state index contributed by atoms with van der Waals surface area (Å²) in [5.41, 5.74) is 0.393. The second-order valence-corrected chi connectivity index (χ2v) is 6.69. The number of hydrogen-bond donors (Lipinski definition) is 0. The summed E-state index contributed by atoms with van der Waals surface area (Å²) in [6.45, 7) is 3.56. The number of alkyl halides is 1. The topological polar surface area (TPSA) is 20.3 Å². The van der Waals surface area contributed by atoms with Crippen LogP contribution in [-0.4, -0.2) is 28.7 Å². The average Bonchev–Trinajstić information content (AvgIpc) is 2.35. The standard InChI is InChI=1S/C13H14Br2FNO/c1-8-4-5-17(7-12(8)15)13(18)10-6-9(16)2-3-11(10)14/h2-3,6,8,12H,4-5,7H2,1H3. The van der Waals surface area contributed by atoms with E-state index in [9.17, 15) is 9.18 Å². The maximum atomic E-state index is 13.2. The van der Waals surface area contributed by atoms with Gasteiger partial charge in [0, 0.05) is 22.4 Å². The zero-order chi connectivity index (χ0) is 13.3. The molecule has 0 aromatic heterocycles. The minimum Gasteiger partial charge on any atom is -0.337 e. The third-order valence-electron chi connectivity index (χ3n) is 3.31. The molecule has 0 saturated carbocycles. The van der Waals surface area contributed by atoms with Crippen molar-refractivity contribution in [2.75, 3.05) is 13.1 Å². The smallest absolute Gasteiger partial charge is 0.255 e. The normalized spacial score (nSPS) is 24.1. The van der Waals surface area contributed by atoms with E-state index in [0.29, 0.717) is 27.3 Å². The van der Waals surface area contributed by atoms with Crippen molar-refractivity contribution >= 4 is 37.8 Å². The third-order valence-corrected chi connectivity index (χ3v) is 5.20. The maximum absolute atomic E-state index is 13.2. The van der Waals surface area contributed by atoms with Crippen LogP contribution in [-0.2, 0) is 0 Å². The third kappa shape index (κ3) is 2.94. The van der Waals surface area contributed by atoms with Crippen molar-refractivity contribution in [2.45, 2.75) is 18.2 Å². The highest BCUT2D eigenvalue weighted by Gasteiger charge is 2.28. The molecular formula is C13H14Br2FNO. The van der Waals surface area contributed by atoms with Crippen LogP contribution in [0.3, 0.4) is 0 Å². The van der Waals surface area contributed by atoms with Crippen molar-refractivity contribution in [3.63, 3.8) is 0 Å². The Balaban J connectivity index is 2.19. The Hall–Kier alpha value is -0.420. The largest absolute Gasteiger partial charge is 0.337 e. The molecular weight excluding hydrogens is 365 g/mol. The van der Waals surface area contributed by atoms with E-state index in [4.69, 9.17) is 0 Å². The molecule has 2 atom stereocenters. The number of amides is 1. The summed E-state index contributed by atoms with van der Waals surface area (Å²) >= 11 is 6.89. The number of carbonyl (C=O) groups excluding carboxylic acids is 1. The lowest BCUT2D eigenvalue weighted by Crippen LogP contribution is -2.43. The number of hydrogen-bond acceptors (Lipinski definition) is 1. The van der Waals surface area contributed by atoms with Crippen LogP contribution in [0.4, 0.5) is 4.39 Å². The Bertz CT molecular complexity index is 466. The number of likely N-dealkylation sites (tertiary alicyclic amines) is 1. The van der Waals surface area contributed by atoms with Crippen LogP contribution in [0.2, 0.25) is 0 Å². The van der Waals surface area contributed by atoms with Gasteiger partial charge in [0.05, 0.1) is 5.56 Å². The SMILES string of the molecule is CC1CCN(C(=O)c2cc(F)ccc2Br)CC1Br. The summed E-state index contributed by atoms with van der Waals surface area (Å²) in [5, 5.41) is 0. The van der Waals surface area contributed by atoms with Gasteiger partial charge in [-0.15, -0.1) is 0 Å². The maximum Gasteiger partial charge on any atom is 0.255 e. The molecule has 1 amide bonds. The van der Waals surface area contributed by atoms with Gasteiger partial charge in [-0.3, -0.25) is 4.79 Å². The highest BCUT2D eigenvalue weighted by Crippen LogP contribution is 2.26. The van der Waals surface area contributed by atoms with Crippen molar-refractivity contribution in [1.82, 2.24) is 4.90 Å². The molecule has 1 aliphatic rings. The van der Waals surface area contributed by atoms with Crippen molar-refractivity contribution in [2.24, 2.45) is 5.92 Å². The van der Waals surface area contributed by atoms with Crippen molar-refractivity contribution in [3.05, 3.63) is 34.1 Å². The van der Waals surface area contributed by atoms with Gasteiger partial charge in [-0.25, -0.2) is 4.39 Å². The molecule has 2 unspecified atom stereocenters. The molecule has 0 bridgehead atoms. The molecule has 98 valence electrons. The van der Waals surface area contributed by atoms with Crippen molar-refractivity contribution in [3.8, 4) is 0 Å². The van der Waals surface area contributed by atoms with Gasteiger partial charge in [-0.1, -0.05) is 22.9 Å². The molecule has 1 saturated heterocycles. The van der Waals surface area contributed by atoms with Gasteiger partial charge in [0.25, 0.3) is 5.91 Å². The van der Waals surface area contributed by atoms with E-state index in [2.05, 4.69) is 38.8 Å². The number of nitrogens with zero attached hydrogens (tertiary/aromatic N) is 1. The molecule has 0 radical (unpaired) electrons. The molecule has 0 spiro atoms. The van der Waals surface area contributed by atoms with Gasteiger partial charge in [0.1, 0.15) is 5.82 Å². The molecule has 1 fully saturated rings. The molecule has 2 rings (SSSR count). The zero-order valence-electron chi connectivity index (χ0n) is 10.00. The first kappa shape index (κ1) is 14.0. The summed E-state index contributed by atoms with van der Waals surface area (Å²) < 4.78 is 13.9. The fourth-order valence-corrected chi connectivity index (χ4v) is 3.07. The summed E-state index contributed by atoms with van der Waals surface area (Å²) in [7, 11) is 0. The molecule has 18 heavy (non-hydrogen) atoms. The fourth-order valence-electron chi connectivity index (χ4n) is 2.04.